The van der Waals surface area contributed by atoms with Crippen molar-refractivity contribution in [3.05, 3.63) is 40.0 Å². The molecule has 0 aliphatic heterocycles. The fourth-order valence-corrected chi connectivity index (χ4v) is 1.40. The number of methoxy groups -OCH3 is 1. The molecule has 0 amide bonds. The van der Waals surface area contributed by atoms with Crippen molar-refractivity contribution in [2.75, 3.05) is 7.11 Å². The Kier molecular flexibility index (Phi) is 3.68. The van der Waals surface area contributed by atoms with Crippen LogP contribution < -0.4 is 10.4 Å². The predicted molar refractivity (Wildman–Crippen MR) is 56.0 cm³/mol. The lowest BCUT2D eigenvalue weighted by Crippen LogP contribution is -2.07. The summed E-state index contributed by atoms with van der Waals surface area (Å²) in [4.78, 5) is 11.1. The minimum Gasteiger partial charge on any atom is -0.496 e. The second-order valence-electron chi connectivity index (χ2n) is 3.07. The van der Waals surface area contributed by atoms with E-state index in [-0.39, 0.29) is 0 Å². The van der Waals surface area contributed by atoms with E-state index in [1.54, 1.807) is 26.0 Å². The van der Waals surface area contributed by atoms with Crippen molar-refractivity contribution in [2.24, 2.45) is 0 Å². The third-order valence-electron chi connectivity index (χ3n) is 2.04. The number of aliphatic hydroxyl groups is 1. The summed E-state index contributed by atoms with van der Waals surface area (Å²) in [6.07, 6.45) is 2.48. The van der Waals surface area contributed by atoms with Crippen molar-refractivity contribution in [2.45, 2.75) is 20.0 Å². The molecule has 1 atom stereocenters. The van der Waals surface area contributed by atoms with Crippen LogP contribution in [0, 0.1) is 6.92 Å². The number of allylic oxidation sites excluding steroid dienone is 1. The molecule has 0 aliphatic rings. The van der Waals surface area contributed by atoms with Gasteiger partial charge in [-0.05, 0) is 13.8 Å². The molecule has 0 spiro atoms. The molecule has 1 N–H and O–H groups in total. The van der Waals surface area contributed by atoms with Crippen LogP contribution in [0.5, 0.6) is 5.75 Å². The quantitative estimate of drug-likeness (QED) is 0.769. The first-order valence-electron chi connectivity index (χ1n) is 4.59. The number of aliphatic hydroxyl groups excluding tert-OH is 1. The summed E-state index contributed by atoms with van der Waals surface area (Å²) < 4.78 is 9.91. The van der Waals surface area contributed by atoms with Gasteiger partial charge in [-0.3, -0.25) is 0 Å². The van der Waals surface area contributed by atoms with Crippen LogP contribution in [0.15, 0.2) is 27.4 Å². The van der Waals surface area contributed by atoms with E-state index < -0.39 is 11.7 Å². The van der Waals surface area contributed by atoms with Crippen LogP contribution in [0.4, 0.5) is 0 Å². The maximum absolute atomic E-state index is 11.1. The van der Waals surface area contributed by atoms with Gasteiger partial charge in [0.1, 0.15) is 17.6 Å². The van der Waals surface area contributed by atoms with E-state index in [1.165, 1.54) is 13.2 Å². The Morgan fingerprint density at radius 3 is 2.80 bits per heavy atom. The number of rotatable bonds is 3. The summed E-state index contributed by atoms with van der Waals surface area (Å²) in [6.45, 7) is 3.41. The molecule has 1 rings (SSSR count). The van der Waals surface area contributed by atoms with Gasteiger partial charge in [-0.1, -0.05) is 12.2 Å². The normalized spacial score (nSPS) is 13.1. The predicted octanol–water partition coefficient (Wildman–Crippen LogP) is 1.57. The highest BCUT2D eigenvalue weighted by molar-refractivity contribution is 5.37. The van der Waals surface area contributed by atoms with E-state index in [0.717, 1.165) is 0 Å². The highest BCUT2D eigenvalue weighted by atomic mass is 16.5. The van der Waals surface area contributed by atoms with Crippen molar-refractivity contribution in [3.63, 3.8) is 0 Å². The van der Waals surface area contributed by atoms with Gasteiger partial charge in [0.05, 0.1) is 18.7 Å². The largest absolute Gasteiger partial charge is 0.496 e. The van der Waals surface area contributed by atoms with Crippen LogP contribution in [-0.2, 0) is 0 Å². The average molecular weight is 210 g/mol. The molecule has 0 fully saturated rings. The molecule has 0 aliphatic carbocycles. The van der Waals surface area contributed by atoms with Gasteiger partial charge in [0.2, 0.25) is 0 Å². The van der Waals surface area contributed by atoms with E-state index in [9.17, 15) is 9.90 Å². The monoisotopic (exact) mass is 210 g/mol. The van der Waals surface area contributed by atoms with E-state index in [0.29, 0.717) is 17.1 Å². The first kappa shape index (κ1) is 11.5. The van der Waals surface area contributed by atoms with E-state index in [4.69, 9.17) is 9.15 Å². The molecular weight excluding hydrogens is 196 g/mol. The fourth-order valence-electron chi connectivity index (χ4n) is 1.40. The summed E-state index contributed by atoms with van der Waals surface area (Å²) in [6, 6.07) is 1.22. The Morgan fingerprint density at radius 2 is 2.27 bits per heavy atom. The van der Waals surface area contributed by atoms with E-state index in [1.807, 2.05) is 0 Å². The van der Waals surface area contributed by atoms with Crippen LogP contribution in [0.3, 0.4) is 0 Å². The van der Waals surface area contributed by atoms with Gasteiger partial charge in [0.25, 0.3) is 0 Å². The van der Waals surface area contributed by atoms with Gasteiger partial charge in [-0.25, -0.2) is 4.79 Å². The standard InChI is InChI=1S/C11H14O4/c1-4-5-8(12)11-7(2)15-10(13)6-9(11)14-3/h4-6,8,12H,1-3H3/b5-4+/t8-/m1/s1. The third kappa shape index (κ3) is 2.47. The Labute approximate surface area is 87.8 Å². The zero-order chi connectivity index (χ0) is 11.4. The van der Waals surface area contributed by atoms with Crippen molar-refractivity contribution >= 4 is 0 Å². The first-order valence-corrected chi connectivity index (χ1v) is 4.59. The molecule has 0 aromatic carbocycles. The van der Waals surface area contributed by atoms with Crippen LogP contribution in [0.2, 0.25) is 0 Å². The maximum atomic E-state index is 11.1. The molecule has 82 valence electrons. The lowest BCUT2D eigenvalue weighted by Gasteiger charge is -2.12. The molecule has 0 saturated carbocycles. The Hall–Kier alpha value is -1.55. The zero-order valence-corrected chi connectivity index (χ0v) is 8.98. The lowest BCUT2D eigenvalue weighted by atomic mass is 10.1. The number of hydrogen-bond acceptors (Lipinski definition) is 4. The third-order valence-corrected chi connectivity index (χ3v) is 2.04. The van der Waals surface area contributed by atoms with Gasteiger partial charge in [0, 0.05) is 0 Å². The Bertz CT molecular complexity index is 417. The summed E-state index contributed by atoms with van der Waals surface area (Å²) in [5.41, 5.74) is -0.00372. The van der Waals surface area contributed by atoms with Crippen molar-refractivity contribution in [1.82, 2.24) is 0 Å². The Morgan fingerprint density at radius 1 is 1.60 bits per heavy atom. The van der Waals surface area contributed by atoms with Crippen LogP contribution in [0.25, 0.3) is 0 Å². The molecule has 0 radical (unpaired) electrons. The molecule has 4 heteroatoms. The molecular formula is C11H14O4. The van der Waals surface area contributed by atoms with Crippen LogP contribution >= 0.6 is 0 Å². The molecule has 4 nitrogen and oxygen atoms in total. The second kappa shape index (κ2) is 4.79. The van der Waals surface area contributed by atoms with Crippen molar-refractivity contribution in [1.29, 1.82) is 0 Å². The summed E-state index contributed by atoms with van der Waals surface area (Å²) in [5, 5.41) is 9.78. The molecule has 0 unspecified atom stereocenters. The molecule has 1 heterocycles. The smallest absolute Gasteiger partial charge is 0.339 e. The molecule has 15 heavy (non-hydrogen) atoms. The van der Waals surface area contributed by atoms with Gasteiger partial charge in [0.15, 0.2) is 0 Å². The molecule has 0 saturated heterocycles. The zero-order valence-electron chi connectivity index (χ0n) is 8.98. The highest BCUT2D eigenvalue weighted by Crippen LogP contribution is 2.27. The fraction of sp³-hybridized carbons (Fsp3) is 0.364. The Balaban J connectivity index is 3.32. The van der Waals surface area contributed by atoms with E-state index in [2.05, 4.69) is 0 Å². The maximum Gasteiger partial charge on any atom is 0.339 e. The van der Waals surface area contributed by atoms with Crippen LogP contribution in [-0.4, -0.2) is 12.2 Å². The topological polar surface area (TPSA) is 59.7 Å². The summed E-state index contributed by atoms with van der Waals surface area (Å²) >= 11 is 0. The van der Waals surface area contributed by atoms with Gasteiger partial charge >= 0.3 is 5.63 Å². The lowest BCUT2D eigenvalue weighted by molar-refractivity contribution is 0.215. The molecule has 0 bridgehead atoms. The molecule has 1 aromatic rings. The number of hydrogen-bond donors (Lipinski definition) is 1. The second-order valence-corrected chi connectivity index (χ2v) is 3.07. The SMILES string of the molecule is C/C=C/[C@@H](O)c1c(OC)cc(=O)oc1C. The highest BCUT2D eigenvalue weighted by Gasteiger charge is 2.16. The van der Waals surface area contributed by atoms with Gasteiger partial charge in [-0.15, -0.1) is 0 Å². The average Bonchev–Trinajstić information content (AvgIpc) is 2.16. The first-order chi connectivity index (χ1) is 7.10. The summed E-state index contributed by atoms with van der Waals surface area (Å²) in [7, 11) is 1.44. The van der Waals surface area contributed by atoms with E-state index >= 15 is 0 Å². The molecule has 1 aromatic heterocycles. The summed E-state index contributed by atoms with van der Waals surface area (Å²) in [5.74, 6) is 0.708. The van der Waals surface area contributed by atoms with Gasteiger partial charge < -0.3 is 14.3 Å². The van der Waals surface area contributed by atoms with Gasteiger partial charge in [-0.2, -0.15) is 0 Å². The minimum absolute atomic E-state index is 0.342. The van der Waals surface area contributed by atoms with Crippen molar-refractivity contribution < 1.29 is 14.3 Å². The number of ether oxygens (including phenoxy) is 1. The van der Waals surface area contributed by atoms with Crippen LogP contribution in [0.1, 0.15) is 24.4 Å². The minimum atomic E-state index is -0.825. The van der Waals surface area contributed by atoms with Crippen molar-refractivity contribution in [3.8, 4) is 5.75 Å². The number of aryl methyl sites for hydroxylation is 1.